The van der Waals surface area contributed by atoms with Crippen LogP contribution in [0.2, 0.25) is 0 Å². The SMILES string of the molecule is Cc1cc(C(=O)C2C(=O)CCCC2=O)c(C)c2c1SCCC21OC(=O)C(=O)O1. The summed E-state index contributed by atoms with van der Waals surface area (Å²) in [6.45, 7) is 3.46. The van der Waals surface area contributed by atoms with Gasteiger partial charge in [-0.1, -0.05) is 0 Å². The van der Waals surface area contributed by atoms with Crippen LogP contribution in [-0.4, -0.2) is 35.0 Å². The van der Waals surface area contributed by atoms with Crippen LogP contribution in [-0.2, 0) is 34.4 Å². The van der Waals surface area contributed by atoms with Crippen LogP contribution in [0.15, 0.2) is 11.0 Å². The molecule has 0 radical (unpaired) electrons. The second kappa shape index (κ2) is 6.55. The molecule has 8 heteroatoms. The number of hydrogen-bond acceptors (Lipinski definition) is 8. The zero-order valence-corrected chi connectivity index (χ0v) is 16.3. The Morgan fingerprint density at radius 1 is 1.07 bits per heavy atom. The molecule has 1 aliphatic carbocycles. The Balaban J connectivity index is 1.86. The van der Waals surface area contributed by atoms with Gasteiger partial charge in [0.1, 0.15) is 5.92 Å². The molecule has 2 aliphatic heterocycles. The smallest absolute Gasteiger partial charge is 0.409 e. The Bertz CT molecular complexity index is 930. The summed E-state index contributed by atoms with van der Waals surface area (Å²) in [5.74, 6) is -5.67. The molecule has 7 nitrogen and oxygen atoms in total. The normalized spacial score (nSPS) is 21.5. The van der Waals surface area contributed by atoms with Crippen molar-refractivity contribution < 1.29 is 33.4 Å². The van der Waals surface area contributed by atoms with E-state index in [9.17, 15) is 24.0 Å². The summed E-state index contributed by atoms with van der Waals surface area (Å²) >= 11 is 1.52. The van der Waals surface area contributed by atoms with Crippen molar-refractivity contribution in [2.24, 2.45) is 5.92 Å². The molecular weight excluding hydrogens is 384 g/mol. The van der Waals surface area contributed by atoms with E-state index in [0.717, 1.165) is 10.5 Å². The number of esters is 2. The summed E-state index contributed by atoms with van der Waals surface area (Å²) in [4.78, 5) is 61.9. The van der Waals surface area contributed by atoms with Gasteiger partial charge in [-0.15, -0.1) is 11.8 Å². The number of rotatable bonds is 2. The van der Waals surface area contributed by atoms with Gasteiger partial charge in [0.2, 0.25) is 0 Å². The average Bonchev–Trinajstić information content (AvgIpc) is 2.91. The average molecular weight is 402 g/mol. The Morgan fingerprint density at radius 2 is 1.68 bits per heavy atom. The summed E-state index contributed by atoms with van der Waals surface area (Å²) < 4.78 is 10.6. The van der Waals surface area contributed by atoms with Crippen LogP contribution in [0.1, 0.15) is 52.7 Å². The number of ether oxygens (including phenoxy) is 2. The molecule has 1 saturated carbocycles. The van der Waals surface area contributed by atoms with Gasteiger partial charge < -0.3 is 9.47 Å². The van der Waals surface area contributed by atoms with Gasteiger partial charge in [-0.25, -0.2) is 9.59 Å². The van der Waals surface area contributed by atoms with Gasteiger partial charge in [-0.2, -0.15) is 0 Å². The first-order valence-electron chi connectivity index (χ1n) is 9.08. The van der Waals surface area contributed by atoms with Crippen molar-refractivity contribution >= 4 is 41.1 Å². The van der Waals surface area contributed by atoms with Gasteiger partial charge in [0.05, 0.1) is 5.56 Å². The van der Waals surface area contributed by atoms with Crippen LogP contribution in [0.3, 0.4) is 0 Å². The number of carbonyl (C=O) groups excluding carboxylic acids is 5. The van der Waals surface area contributed by atoms with Crippen LogP contribution in [0.25, 0.3) is 0 Å². The number of benzene rings is 1. The van der Waals surface area contributed by atoms with Gasteiger partial charge in [0.25, 0.3) is 5.79 Å². The molecule has 1 spiro atoms. The third-order valence-electron chi connectivity index (χ3n) is 5.48. The monoisotopic (exact) mass is 402 g/mol. The lowest BCUT2D eigenvalue weighted by Crippen LogP contribution is -2.37. The molecule has 0 N–H and O–H groups in total. The maximum atomic E-state index is 13.1. The van der Waals surface area contributed by atoms with E-state index in [0.29, 0.717) is 23.3 Å². The molecule has 0 bridgehead atoms. The number of thioether (sulfide) groups is 1. The van der Waals surface area contributed by atoms with E-state index in [4.69, 9.17) is 9.47 Å². The number of ketones is 3. The maximum Gasteiger partial charge on any atom is 0.421 e. The molecule has 0 aromatic heterocycles. The fourth-order valence-corrected chi connectivity index (χ4v) is 5.48. The quantitative estimate of drug-likeness (QED) is 0.321. The molecule has 1 aromatic rings. The Labute approximate surface area is 165 Å². The van der Waals surface area contributed by atoms with Crippen LogP contribution < -0.4 is 0 Å². The second-order valence-corrected chi connectivity index (χ2v) is 8.39. The molecule has 2 heterocycles. The van der Waals surface area contributed by atoms with E-state index >= 15 is 0 Å². The molecule has 0 atom stereocenters. The minimum absolute atomic E-state index is 0.208. The first kappa shape index (κ1) is 18.9. The number of fused-ring (bicyclic) bond motifs is 2. The molecule has 0 unspecified atom stereocenters. The highest BCUT2D eigenvalue weighted by Gasteiger charge is 2.54. The molecular formula is C20H18O7S. The second-order valence-electron chi connectivity index (χ2n) is 7.28. The lowest BCUT2D eigenvalue weighted by atomic mass is 9.79. The number of aryl methyl sites for hydroxylation is 1. The predicted molar refractivity (Wildman–Crippen MR) is 96.8 cm³/mol. The van der Waals surface area contributed by atoms with Crippen molar-refractivity contribution in [3.05, 3.63) is 28.3 Å². The summed E-state index contributed by atoms with van der Waals surface area (Å²) in [6, 6.07) is 1.66. The topological polar surface area (TPSA) is 104 Å². The van der Waals surface area contributed by atoms with Crippen LogP contribution in [0, 0.1) is 19.8 Å². The highest BCUT2D eigenvalue weighted by molar-refractivity contribution is 7.99. The Morgan fingerprint density at radius 3 is 2.29 bits per heavy atom. The Hall–Kier alpha value is -2.48. The fraction of sp³-hybridized carbons (Fsp3) is 0.450. The van der Waals surface area contributed by atoms with Crippen molar-refractivity contribution in [1.82, 2.24) is 0 Å². The van der Waals surface area contributed by atoms with E-state index < -0.39 is 29.4 Å². The van der Waals surface area contributed by atoms with Crippen molar-refractivity contribution in [3.8, 4) is 0 Å². The van der Waals surface area contributed by atoms with E-state index in [2.05, 4.69) is 0 Å². The van der Waals surface area contributed by atoms with Crippen molar-refractivity contribution in [1.29, 1.82) is 0 Å². The molecule has 0 amide bonds. The molecule has 28 heavy (non-hydrogen) atoms. The molecule has 1 aromatic carbocycles. The number of Topliss-reactive ketones (excluding diaryl/α,β-unsaturated/α-hetero) is 3. The molecule has 4 rings (SSSR count). The molecule has 146 valence electrons. The van der Waals surface area contributed by atoms with Gasteiger partial charge in [-0.3, -0.25) is 14.4 Å². The Kier molecular flexibility index (Phi) is 4.41. The van der Waals surface area contributed by atoms with Crippen LogP contribution in [0.5, 0.6) is 0 Å². The maximum absolute atomic E-state index is 13.1. The number of hydrogen-bond donors (Lipinski definition) is 0. The predicted octanol–water partition coefficient (Wildman–Crippen LogP) is 2.17. The molecule has 1 saturated heterocycles. The summed E-state index contributed by atoms with van der Waals surface area (Å²) in [5, 5.41) is 0. The van der Waals surface area contributed by atoms with Gasteiger partial charge in [0, 0.05) is 35.5 Å². The highest BCUT2D eigenvalue weighted by atomic mass is 32.2. The summed E-state index contributed by atoms with van der Waals surface area (Å²) in [6.07, 6.45) is 1.15. The van der Waals surface area contributed by atoms with E-state index in [1.165, 1.54) is 11.8 Å². The van der Waals surface area contributed by atoms with Gasteiger partial charge >= 0.3 is 11.9 Å². The minimum atomic E-state index is -1.56. The fourth-order valence-electron chi connectivity index (χ4n) is 4.17. The first-order valence-corrected chi connectivity index (χ1v) is 10.1. The number of carbonyl (C=O) groups is 5. The van der Waals surface area contributed by atoms with Crippen molar-refractivity contribution in [3.63, 3.8) is 0 Å². The lowest BCUT2D eigenvalue weighted by Gasteiger charge is -2.34. The van der Waals surface area contributed by atoms with Gasteiger partial charge in [-0.05, 0) is 37.5 Å². The van der Waals surface area contributed by atoms with Crippen LogP contribution in [0.4, 0.5) is 0 Å². The highest BCUT2D eigenvalue weighted by Crippen LogP contribution is 2.49. The standard InChI is InChI=1S/C20H18O7S/c1-9-8-11(16(23)14-12(21)4-3-5-13(14)22)10(2)15-17(9)28-7-6-20(15)26-18(24)19(25)27-20/h8,14H,3-7H2,1-2H3. The molecule has 3 aliphatic rings. The van der Waals surface area contributed by atoms with Crippen molar-refractivity contribution in [2.45, 2.75) is 50.2 Å². The first-order chi connectivity index (χ1) is 13.2. The van der Waals surface area contributed by atoms with E-state index in [1.807, 2.05) is 0 Å². The summed E-state index contributed by atoms with van der Waals surface area (Å²) in [5.41, 5.74) is 1.89. The zero-order chi connectivity index (χ0) is 20.2. The summed E-state index contributed by atoms with van der Waals surface area (Å²) in [7, 11) is 0. The minimum Gasteiger partial charge on any atom is -0.409 e. The molecule has 2 fully saturated rings. The van der Waals surface area contributed by atoms with Crippen molar-refractivity contribution in [2.75, 3.05) is 5.75 Å². The largest absolute Gasteiger partial charge is 0.421 e. The van der Waals surface area contributed by atoms with Crippen LogP contribution >= 0.6 is 11.8 Å². The third-order valence-corrected chi connectivity index (χ3v) is 6.71. The lowest BCUT2D eigenvalue weighted by molar-refractivity contribution is -0.186. The van der Waals surface area contributed by atoms with E-state index in [1.54, 1.807) is 19.9 Å². The third kappa shape index (κ3) is 2.70. The zero-order valence-electron chi connectivity index (χ0n) is 15.5. The van der Waals surface area contributed by atoms with E-state index in [-0.39, 0.29) is 36.4 Å². The van der Waals surface area contributed by atoms with Gasteiger partial charge in [0.15, 0.2) is 17.3 Å².